The number of ether oxygens (including phenoxy) is 3. The second kappa shape index (κ2) is 7.70. The summed E-state index contributed by atoms with van der Waals surface area (Å²) in [7, 11) is 2.98. The predicted molar refractivity (Wildman–Crippen MR) is 102 cm³/mol. The van der Waals surface area contributed by atoms with Gasteiger partial charge in [0.25, 0.3) is 5.91 Å². The molecule has 0 bridgehead atoms. The summed E-state index contributed by atoms with van der Waals surface area (Å²) in [4.78, 5) is 27.3. The average Bonchev–Trinajstić information content (AvgIpc) is 3.02. The van der Waals surface area contributed by atoms with Crippen LogP contribution >= 0.6 is 0 Å². The molecule has 6 heteroatoms. The van der Waals surface area contributed by atoms with Crippen LogP contribution in [0.3, 0.4) is 0 Å². The molecule has 0 saturated carbocycles. The van der Waals surface area contributed by atoms with E-state index in [1.165, 1.54) is 20.3 Å². The van der Waals surface area contributed by atoms with Crippen LogP contribution in [0.25, 0.3) is 0 Å². The number of fused-ring (bicyclic) bond motifs is 1. The molecule has 0 aliphatic carbocycles. The van der Waals surface area contributed by atoms with Gasteiger partial charge >= 0.3 is 5.97 Å². The van der Waals surface area contributed by atoms with E-state index in [1.807, 2.05) is 31.2 Å². The molecule has 0 unspecified atom stereocenters. The first-order chi connectivity index (χ1) is 13.0. The first-order valence-corrected chi connectivity index (χ1v) is 8.80. The SMILES string of the molecule is COc1ccc(OC)c(C(=O)O[C@H](C)C(=O)N2c3ccccc3C[C@@H]2C)c1. The summed E-state index contributed by atoms with van der Waals surface area (Å²) < 4.78 is 15.8. The third-order valence-corrected chi connectivity index (χ3v) is 4.70. The van der Waals surface area contributed by atoms with Gasteiger partial charge in [-0.2, -0.15) is 0 Å². The summed E-state index contributed by atoms with van der Waals surface area (Å²) in [5, 5.41) is 0. The number of benzene rings is 2. The predicted octanol–water partition coefficient (Wildman–Crippen LogP) is 3.23. The molecule has 1 aliphatic heterocycles. The number of esters is 1. The van der Waals surface area contributed by atoms with Gasteiger partial charge in [-0.25, -0.2) is 4.79 Å². The summed E-state index contributed by atoms with van der Waals surface area (Å²) in [6, 6.07) is 12.6. The fraction of sp³-hybridized carbons (Fsp3) is 0.333. The fourth-order valence-corrected chi connectivity index (χ4v) is 3.35. The van der Waals surface area contributed by atoms with Crippen LogP contribution in [0.2, 0.25) is 0 Å². The smallest absolute Gasteiger partial charge is 0.342 e. The minimum absolute atomic E-state index is 0.0161. The van der Waals surface area contributed by atoms with Gasteiger partial charge in [0.1, 0.15) is 17.1 Å². The van der Waals surface area contributed by atoms with E-state index in [4.69, 9.17) is 14.2 Å². The molecule has 1 aliphatic rings. The number of hydrogen-bond donors (Lipinski definition) is 0. The van der Waals surface area contributed by atoms with Crippen LogP contribution in [0, 0.1) is 0 Å². The van der Waals surface area contributed by atoms with Gasteiger partial charge in [0.15, 0.2) is 6.10 Å². The molecule has 27 heavy (non-hydrogen) atoms. The molecular formula is C21H23NO5. The molecule has 0 spiro atoms. The minimum atomic E-state index is -0.929. The molecule has 0 radical (unpaired) electrons. The molecule has 2 atom stereocenters. The van der Waals surface area contributed by atoms with E-state index < -0.39 is 12.1 Å². The number of carbonyl (C=O) groups excluding carboxylic acids is 2. The fourth-order valence-electron chi connectivity index (χ4n) is 3.35. The van der Waals surface area contributed by atoms with Gasteiger partial charge < -0.3 is 19.1 Å². The maximum Gasteiger partial charge on any atom is 0.342 e. The van der Waals surface area contributed by atoms with Crippen LogP contribution < -0.4 is 14.4 Å². The maximum atomic E-state index is 13.0. The van der Waals surface area contributed by atoms with Gasteiger partial charge in [-0.15, -0.1) is 0 Å². The maximum absolute atomic E-state index is 13.0. The number of hydrogen-bond acceptors (Lipinski definition) is 5. The molecule has 1 heterocycles. The summed E-state index contributed by atoms with van der Waals surface area (Å²) >= 11 is 0. The van der Waals surface area contributed by atoms with Crippen LogP contribution in [0.4, 0.5) is 5.69 Å². The van der Waals surface area contributed by atoms with E-state index in [2.05, 4.69) is 0 Å². The van der Waals surface area contributed by atoms with Gasteiger partial charge in [-0.1, -0.05) is 18.2 Å². The largest absolute Gasteiger partial charge is 0.497 e. The Morgan fingerprint density at radius 2 is 1.85 bits per heavy atom. The molecular weight excluding hydrogens is 346 g/mol. The van der Waals surface area contributed by atoms with Crippen molar-refractivity contribution in [3.63, 3.8) is 0 Å². The number of rotatable bonds is 5. The number of nitrogens with zero attached hydrogens (tertiary/aromatic N) is 1. The zero-order valence-electron chi connectivity index (χ0n) is 15.9. The molecule has 0 saturated heterocycles. The van der Waals surface area contributed by atoms with Crippen molar-refractivity contribution >= 4 is 17.6 Å². The standard InChI is InChI=1S/C21H23NO5/c1-13-11-15-7-5-6-8-18(15)22(13)20(23)14(2)27-21(24)17-12-16(25-3)9-10-19(17)26-4/h5-10,12-14H,11H2,1-4H3/t13-,14+/m0/s1. The molecule has 142 valence electrons. The summed E-state index contributed by atoms with van der Waals surface area (Å²) in [5.41, 5.74) is 2.20. The lowest BCUT2D eigenvalue weighted by Crippen LogP contribution is -2.43. The average molecular weight is 369 g/mol. The van der Waals surface area contributed by atoms with Crippen molar-refractivity contribution < 1.29 is 23.8 Å². The Hall–Kier alpha value is -3.02. The van der Waals surface area contributed by atoms with Crippen LogP contribution in [0.5, 0.6) is 11.5 Å². The highest BCUT2D eigenvalue weighted by Crippen LogP contribution is 2.33. The highest BCUT2D eigenvalue weighted by atomic mass is 16.5. The topological polar surface area (TPSA) is 65.1 Å². The monoisotopic (exact) mass is 369 g/mol. The summed E-state index contributed by atoms with van der Waals surface area (Å²) in [6.07, 6.45) is -0.145. The van der Waals surface area contributed by atoms with E-state index in [-0.39, 0.29) is 17.5 Å². The van der Waals surface area contributed by atoms with E-state index in [1.54, 1.807) is 24.0 Å². The Morgan fingerprint density at radius 3 is 2.56 bits per heavy atom. The highest BCUT2D eigenvalue weighted by molar-refractivity contribution is 6.01. The van der Waals surface area contributed by atoms with Crippen molar-refractivity contribution in [2.75, 3.05) is 19.1 Å². The molecule has 3 rings (SSSR count). The van der Waals surface area contributed by atoms with Crippen LogP contribution in [-0.2, 0) is 16.0 Å². The zero-order chi connectivity index (χ0) is 19.6. The molecule has 0 fully saturated rings. The second-order valence-corrected chi connectivity index (χ2v) is 6.50. The Bertz CT molecular complexity index is 863. The summed E-state index contributed by atoms with van der Waals surface area (Å²) in [6.45, 7) is 3.57. The van der Waals surface area contributed by atoms with E-state index >= 15 is 0 Å². The second-order valence-electron chi connectivity index (χ2n) is 6.50. The number of carbonyl (C=O) groups is 2. The molecule has 2 aromatic carbocycles. The van der Waals surface area contributed by atoms with Crippen molar-refractivity contribution in [3.05, 3.63) is 53.6 Å². The molecule has 0 N–H and O–H groups in total. The third kappa shape index (κ3) is 3.60. The van der Waals surface area contributed by atoms with Gasteiger partial charge in [0.05, 0.1) is 14.2 Å². The lowest BCUT2D eigenvalue weighted by atomic mass is 10.1. The van der Waals surface area contributed by atoms with Crippen LogP contribution in [-0.4, -0.2) is 38.2 Å². The highest BCUT2D eigenvalue weighted by Gasteiger charge is 2.34. The lowest BCUT2D eigenvalue weighted by molar-refractivity contribution is -0.126. The van der Waals surface area contributed by atoms with Crippen molar-refractivity contribution in [2.45, 2.75) is 32.4 Å². The van der Waals surface area contributed by atoms with Crippen molar-refractivity contribution in [1.82, 2.24) is 0 Å². The third-order valence-electron chi connectivity index (χ3n) is 4.70. The number of amides is 1. The first kappa shape index (κ1) is 18.8. The quantitative estimate of drug-likeness (QED) is 0.757. The Morgan fingerprint density at radius 1 is 1.11 bits per heavy atom. The van der Waals surface area contributed by atoms with Crippen molar-refractivity contribution in [1.29, 1.82) is 0 Å². The van der Waals surface area contributed by atoms with E-state index in [0.717, 1.165) is 17.7 Å². The molecule has 6 nitrogen and oxygen atoms in total. The van der Waals surface area contributed by atoms with Crippen LogP contribution in [0.1, 0.15) is 29.8 Å². The molecule has 0 aromatic heterocycles. The number of methoxy groups -OCH3 is 2. The Balaban J connectivity index is 1.78. The number of para-hydroxylation sites is 1. The van der Waals surface area contributed by atoms with Crippen LogP contribution in [0.15, 0.2) is 42.5 Å². The van der Waals surface area contributed by atoms with E-state index in [9.17, 15) is 9.59 Å². The minimum Gasteiger partial charge on any atom is -0.497 e. The Labute approximate surface area is 158 Å². The van der Waals surface area contributed by atoms with Gasteiger partial charge in [-0.3, -0.25) is 4.79 Å². The van der Waals surface area contributed by atoms with Gasteiger partial charge in [-0.05, 0) is 50.1 Å². The van der Waals surface area contributed by atoms with Crippen molar-refractivity contribution in [3.8, 4) is 11.5 Å². The number of anilines is 1. The molecule has 1 amide bonds. The summed E-state index contributed by atoms with van der Waals surface area (Å²) in [5.74, 6) is -0.0152. The Kier molecular flexibility index (Phi) is 5.35. The lowest BCUT2D eigenvalue weighted by Gasteiger charge is -2.26. The molecule has 2 aromatic rings. The van der Waals surface area contributed by atoms with Crippen molar-refractivity contribution in [2.24, 2.45) is 0 Å². The zero-order valence-corrected chi connectivity index (χ0v) is 15.9. The normalized spacial score (nSPS) is 16.4. The first-order valence-electron chi connectivity index (χ1n) is 8.80. The van der Waals surface area contributed by atoms with E-state index in [0.29, 0.717) is 11.5 Å². The van der Waals surface area contributed by atoms with Gasteiger partial charge in [0, 0.05) is 11.7 Å². The van der Waals surface area contributed by atoms with Gasteiger partial charge in [0.2, 0.25) is 0 Å².